The van der Waals surface area contributed by atoms with E-state index in [1.54, 1.807) is 0 Å². The van der Waals surface area contributed by atoms with Crippen molar-refractivity contribution in [2.24, 2.45) is 0 Å². The Morgan fingerprint density at radius 2 is 1.38 bits per heavy atom. The zero-order valence-corrected chi connectivity index (χ0v) is 3.78. The number of hydrogen-bond donors (Lipinski definition) is 2. The fourth-order valence-corrected chi connectivity index (χ4v) is 0. The molecule has 44 valence electrons. The van der Waals surface area contributed by atoms with Crippen LogP contribution in [-0.2, 0) is 4.57 Å². The van der Waals surface area contributed by atoms with Gasteiger partial charge in [0.1, 0.15) is 0 Å². The summed E-state index contributed by atoms with van der Waals surface area (Å²) in [6.07, 6.45) is 0. The average Bonchev–Trinajstić information content (AvgIpc) is 0.722. The van der Waals surface area contributed by atoms with Gasteiger partial charge in [-0.15, -0.1) is 0 Å². The Kier molecular flexibility index (Phi) is 31.3. The SMILES string of the molecule is O=P(O)(O)Cl.[BaH2].[CaH2].[MgH2]. The van der Waals surface area contributed by atoms with E-state index >= 15 is 0 Å². The number of halogens is 1. The van der Waals surface area contributed by atoms with Gasteiger partial charge in [0.15, 0.2) is 0 Å². The zero-order valence-electron chi connectivity index (χ0n) is 2.13. The molecule has 0 fully saturated rings. The van der Waals surface area contributed by atoms with Crippen LogP contribution in [0, 0.1) is 0 Å². The normalized spacial score (nSPS) is 7.38. The maximum absolute atomic E-state index is 9.09. The van der Waals surface area contributed by atoms with E-state index in [-0.39, 0.29) is 110 Å². The van der Waals surface area contributed by atoms with Crippen LogP contribution >= 0.6 is 18.2 Å². The Labute approximate surface area is 138 Å². The van der Waals surface area contributed by atoms with Crippen molar-refractivity contribution in [2.75, 3.05) is 0 Å². The van der Waals surface area contributed by atoms with E-state index in [0.717, 1.165) is 0 Å². The van der Waals surface area contributed by atoms with Gasteiger partial charge in [0.2, 0.25) is 0 Å². The molecule has 0 aliphatic rings. The molecule has 0 aliphatic carbocycles. The molecule has 8 heteroatoms. The summed E-state index contributed by atoms with van der Waals surface area (Å²) >= 11 is 4.20. The summed E-state index contributed by atoms with van der Waals surface area (Å²) in [5.41, 5.74) is 0. The van der Waals surface area contributed by atoms with Crippen molar-refractivity contribution in [3.05, 3.63) is 0 Å². The molecule has 0 aromatic carbocycles. The fraction of sp³-hybridized carbons (Fsp3) is 0. The molecular weight excluding hydrogens is 316 g/mol. The standard InChI is InChI=1S/Ba.Ca.ClH2O3P.Mg.6H/c;;1-5(2,3)4;;;;;;;/h;;(H2,2,3,4);;;;;;;. The Morgan fingerprint density at radius 1 is 1.38 bits per heavy atom. The third-order valence-corrected chi connectivity index (χ3v) is 0. The predicted octanol–water partition coefficient (Wildman–Crippen LogP) is -2.43. The summed E-state index contributed by atoms with van der Waals surface area (Å²) in [4.78, 5) is 14.8. The molecule has 0 bridgehead atoms. The summed E-state index contributed by atoms with van der Waals surface area (Å²) in [7, 11) is 0. The molecular formula is H8BaCaClMgO3P. The van der Waals surface area contributed by atoms with Gasteiger partial charge in [-0.3, -0.25) is 0 Å². The van der Waals surface area contributed by atoms with Gasteiger partial charge in [-0.1, -0.05) is 0 Å². The van der Waals surface area contributed by atoms with Gasteiger partial charge in [-0.05, 0) is 0 Å². The summed E-state index contributed by atoms with van der Waals surface area (Å²) in [6.45, 7) is -4.17. The Hall–Kier alpha value is 4.04. The second-order valence-electron chi connectivity index (χ2n) is 0.473. The largest absolute Gasteiger partial charge is 0.316 e. The second-order valence-corrected chi connectivity index (χ2v) is 2.74. The smallest absolute Gasteiger partial charge is 0.316 e. The molecule has 0 unspecified atom stereocenters. The van der Waals surface area contributed by atoms with Crippen LogP contribution in [0.1, 0.15) is 0 Å². The zero-order chi connectivity index (χ0) is 4.50. The first-order chi connectivity index (χ1) is 2.00. The monoisotopic (exact) mass is 324 g/mol. The van der Waals surface area contributed by atoms with Crippen LogP contribution in [0.2, 0.25) is 0 Å². The summed E-state index contributed by atoms with van der Waals surface area (Å²) in [6, 6.07) is 0. The first-order valence-corrected chi connectivity index (χ1v) is 3.27. The van der Waals surface area contributed by atoms with Crippen molar-refractivity contribution in [2.45, 2.75) is 0 Å². The summed E-state index contributed by atoms with van der Waals surface area (Å²) < 4.78 is 9.09. The molecule has 0 aromatic heterocycles. The second kappa shape index (κ2) is 11.0. The molecule has 0 aliphatic heterocycles. The number of hydrogen-bond acceptors (Lipinski definition) is 1. The maximum Gasteiger partial charge on any atom is 0.316 e. The van der Waals surface area contributed by atoms with Gasteiger partial charge in [0, 0.05) is 11.2 Å². The minimum Gasteiger partial charge on any atom is 0.316 e. The van der Waals surface area contributed by atoms with Crippen molar-refractivity contribution in [3.8, 4) is 0 Å². The fourth-order valence-electron chi connectivity index (χ4n) is 0. The van der Waals surface area contributed by atoms with Crippen molar-refractivity contribution in [1.29, 1.82) is 0 Å². The van der Waals surface area contributed by atoms with Crippen molar-refractivity contribution >= 4 is 128 Å². The average molecular weight is 324 g/mol. The van der Waals surface area contributed by atoms with Gasteiger partial charge in [-0.25, -0.2) is 4.57 Å². The quantitative estimate of drug-likeness (QED) is 0.385. The minimum atomic E-state index is -4.17. The third kappa shape index (κ3) is 50.3. The van der Waals surface area contributed by atoms with Crippen molar-refractivity contribution in [1.82, 2.24) is 0 Å². The van der Waals surface area contributed by atoms with Crippen LogP contribution in [-0.4, -0.2) is 119 Å². The van der Waals surface area contributed by atoms with E-state index in [2.05, 4.69) is 11.2 Å². The molecule has 3 nitrogen and oxygen atoms in total. The van der Waals surface area contributed by atoms with Gasteiger partial charge in [0.25, 0.3) is 0 Å². The van der Waals surface area contributed by atoms with E-state index in [1.807, 2.05) is 0 Å². The van der Waals surface area contributed by atoms with Gasteiger partial charge < -0.3 is 9.79 Å². The van der Waals surface area contributed by atoms with Crippen molar-refractivity contribution in [3.63, 3.8) is 0 Å². The molecule has 0 saturated heterocycles. The molecule has 8 heavy (non-hydrogen) atoms. The Morgan fingerprint density at radius 3 is 1.38 bits per heavy atom. The van der Waals surface area contributed by atoms with E-state index in [4.69, 9.17) is 14.4 Å². The van der Waals surface area contributed by atoms with Crippen LogP contribution in [0.3, 0.4) is 0 Å². The maximum atomic E-state index is 9.09. The third-order valence-electron chi connectivity index (χ3n) is 0. The molecule has 0 aromatic rings. The molecule has 0 spiro atoms. The van der Waals surface area contributed by atoms with E-state index < -0.39 is 6.95 Å². The Balaban J connectivity index is -0.0000000267. The molecule has 0 radical (unpaired) electrons. The first-order valence-electron chi connectivity index (χ1n) is 0.752. The molecule has 0 rings (SSSR count). The topological polar surface area (TPSA) is 57.5 Å². The number of rotatable bonds is 0. The van der Waals surface area contributed by atoms with E-state index in [0.29, 0.717) is 0 Å². The van der Waals surface area contributed by atoms with Gasteiger partial charge in [0.05, 0.1) is 0 Å². The van der Waals surface area contributed by atoms with Crippen LogP contribution in [0.4, 0.5) is 0 Å². The van der Waals surface area contributed by atoms with Crippen LogP contribution in [0.5, 0.6) is 0 Å². The minimum absolute atomic E-state index is 0. The predicted molar refractivity (Wildman–Crippen MR) is 43.5 cm³/mol. The summed E-state index contributed by atoms with van der Waals surface area (Å²) in [5.74, 6) is 0. The summed E-state index contributed by atoms with van der Waals surface area (Å²) in [5, 5.41) is 0. The van der Waals surface area contributed by atoms with Crippen LogP contribution in [0.15, 0.2) is 0 Å². The van der Waals surface area contributed by atoms with Crippen molar-refractivity contribution < 1.29 is 14.4 Å². The molecule has 0 saturated carbocycles. The van der Waals surface area contributed by atoms with E-state index in [9.17, 15) is 0 Å². The Bertz CT molecular complexity index is 65.4. The van der Waals surface area contributed by atoms with Gasteiger partial charge >= 0.3 is 117 Å². The molecule has 0 atom stereocenters. The molecule has 0 amide bonds. The van der Waals surface area contributed by atoms with Crippen LogP contribution < -0.4 is 0 Å². The van der Waals surface area contributed by atoms with Crippen LogP contribution in [0.25, 0.3) is 0 Å². The first kappa shape index (κ1) is 22.7. The van der Waals surface area contributed by atoms with Gasteiger partial charge in [-0.2, -0.15) is 0 Å². The molecule has 2 N–H and O–H groups in total. The van der Waals surface area contributed by atoms with E-state index in [1.165, 1.54) is 0 Å². The molecule has 0 heterocycles.